The lowest BCUT2D eigenvalue weighted by molar-refractivity contribution is -0.145. The van der Waals surface area contributed by atoms with Crippen molar-refractivity contribution in [3.63, 3.8) is 0 Å². The smallest absolute Gasteiger partial charge is 0.326 e. The normalized spacial score (nSPS) is 15.6. The molecule has 2 atom stereocenters. The summed E-state index contributed by atoms with van der Waals surface area (Å²) in [4.78, 5) is 31.6. The number of nitrogens with one attached hydrogen (secondary N) is 1. The number of benzene rings is 2. The Kier molecular flexibility index (Phi) is 12.5. The molecule has 4 aromatic rings. The predicted octanol–water partition coefficient (Wildman–Crippen LogP) is 4.28. The zero-order chi connectivity index (χ0) is 36.5. The van der Waals surface area contributed by atoms with Gasteiger partial charge in [-0.2, -0.15) is 5.26 Å². The van der Waals surface area contributed by atoms with E-state index in [-0.39, 0.29) is 36.4 Å². The number of carboxylic acid groups (broad SMARTS) is 1. The molecule has 2 aromatic carbocycles. The Morgan fingerprint density at radius 2 is 1.88 bits per heavy atom. The van der Waals surface area contributed by atoms with Crippen LogP contribution in [-0.4, -0.2) is 73.6 Å². The number of hydrogen-bond donors (Lipinski definition) is 4. The average molecular weight is 716 g/mol. The summed E-state index contributed by atoms with van der Waals surface area (Å²) in [6, 6.07) is 16.4. The van der Waals surface area contributed by atoms with Crippen molar-refractivity contribution in [2.24, 2.45) is 0 Å². The van der Waals surface area contributed by atoms with Crippen LogP contribution in [0, 0.1) is 18.3 Å². The average Bonchev–Trinajstić information content (AvgIpc) is 3.55. The number of β-amino-alcohol motifs (C(OH)–C–C–N with tert-alkyl or cyclic N) is 1. The van der Waals surface area contributed by atoms with Crippen LogP contribution in [0.2, 0.25) is 5.02 Å². The number of ether oxygens (including phenoxy) is 2. The maximum absolute atomic E-state index is 13.6. The first-order valence-corrected chi connectivity index (χ1v) is 17.1. The maximum Gasteiger partial charge on any atom is 0.326 e. The molecule has 0 unspecified atom stereocenters. The van der Waals surface area contributed by atoms with Crippen LogP contribution in [0.5, 0.6) is 11.5 Å². The molecule has 13 heteroatoms. The molecule has 2 aromatic heterocycles. The van der Waals surface area contributed by atoms with Gasteiger partial charge in [-0.05, 0) is 74.2 Å². The highest BCUT2D eigenvalue weighted by Gasteiger charge is 2.32. The van der Waals surface area contributed by atoms with Gasteiger partial charge in [0, 0.05) is 67.5 Å². The van der Waals surface area contributed by atoms with Crippen molar-refractivity contribution in [1.29, 1.82) is 5.26 Å². The van der Waals surface area contributed by atoms with E-state index in [2.05, 4.69) is 21.3 Å². The summed E-state index contributed by atoms with van der Waals surface area (Å²) < 4.78 is 14.1. The van der Waals surface area contributed by atoms with Crippen LogP contribution in [-0.2, 0) is 31.1 Å². The molecule has 0 bridgehead atoms. The molecule has 3 heterocycles. The van der Waals surface area contributed by atoms with Gasteiger partial charge >= 0.3 is 5.97 Å². The molecule has 268 valence electrons. The number of aliphatic carboxylic acids is 1. The largest absolute Gasteiger partial charge is 0.488 e. The van der Waals surface area contributed by atoms with Crippen molar-refractivity contribution in [1.82, 2.24) is 19.8 Å². The van der Waals surface area contributed by atoms with E-state index in [1.54, 1.807) is 35.2 Å². The Labute approximate surface area is 301 Å². The number of aryl methyl sites for hydroxylation is 1. The fraction of sp³-hybridized carbons (Fsp3) is 0.368. The minimum Gasteiger partial charge on any atom is -0.488 e. The van der Waals surface area contributed by atoms with Crippen LogP contribution >= 0.6 is 11.6 Å². The SMILES string of the molecule is Cc1c(COc2cc(OCc3cncc(C#N)c3)c(CN[C@@](C)(CO)C(=O)O)cc2Cl)cccc1-c1cccn(CCCN2CC[C@@H](O)C2)c1=O. The first-order chi connectivity index (χ1) is 24.5. The molecule has 0 saturated carbocycles. The molecular weight excluding hydrogens is 674 g/mol. The third-order valence-electron chi connectivity index (χ3n) is 9.15. The fourth-order valence-corrected chi connectivity index (χ4v) is 6.16. The molecule has 0 amide bonds. The van der Waals surface area contributed by atoms with Gasteiger partial charge in [0.15, 0.2) is 0 Å². The molecule has 0 aliphatic carbocycles. The molecule has 12 nitrogen and oxygen atoms in total. The number of nitriles is 1. The number of aromatic nitrogens is 2. The summed E-state index contributed by atoms with van der Waals surface area (Å²) in [5.41, 5.74) is 2.98. The number of rotatable bonds is 16. The van der Waals surface area contributed by atoms with E-state index in [0.29, 0.717) is 46.8 Å². The Bertz CT molecular complexity index is 1960. The van der Waals surface area contributed by atoms with Gasteiger partial charge < -0.3 is 34.3 Å². The number of carboxylic acids is 1. The number of nitrogens with zero attached hydrogens (tertiary/aromatic N) is 4. The number of likely N-dealkylation sites (tertiary alicyclic amines) is 1. The zero-order valence-electron chi connectivity index (χ0n) is 28.6. The summed E-state index contributed by atoms with van der Waals surface area (Å²) in [6.45, 7) is 5.82. The second kappa shape index (κ2) is 17.0. The minimum absolute atomic E-state index is 0.00627. The molecule has 1 aliphatic heterocycles. The van der Waals surface area contributed by atoms with Crippen LogP contribution in [0.4, 0.5) is 0 Å². The molecule has 0 spiro atoms. The molecule has 4 N–H and O–H groups in total. The lowest BCUT2D eigenvalue weighted by Crippen LogP contribution is -2.52. The van der Waals surface area contributed by atoms with Crippen LogP contribution in [0.1, 0.15) is 47.6 Å². The second-order valence-corrected chi connectivity index (χ2v) is 13.3. The highest BCUT2D eigenvalue weighted by Crippen LogP contribution is 2.35. The Morgan fingerprint density at radius 3 is 2.61 bits per heavy atom. The standard InChI is InChI=1S/C38H42ClN5O7/c1-25-28(6-3-7-31(25)32-8-4-11-44(36(32)47)12-5-10-43-13-9-30(46)21-43)23-51-35-16-34(50-22-27-14-26(17-40)18-41-19-27)29(15-33(35)39)20-42-38(2,24-45)37(48)49/h3-4,6-8,11,14-16,18-19,30,42,45-46H,5,9-10,12-13,20-24H2,1-2H3,(H,48,49)/t30-,38+/m1/s1. The van der Waals surface area contributed by atoms with Crippen molar-refractivity contribution >= 4 is 17.6 Å². The van der Waals surface area contributed by atoms with Crippen LogP contribution < -0.4 is 20.3 Å². The second-order valence-electron chi connectivity index (χ2n) is 12.9. The number of hydrogen-bond acceptors (Lipinski definition) is 10. The molecule has 1 saturated heterocycles. The van der Waals surface area contributed by atoms with Crippen molar-refractivity contribution in [2.45, 2.75) is 64.6 Å². The lowest BCUT2D eigenvalue weighted by Gasteiger charge is -2.25. The Morgan fingerprint density at radius 1 is 1.10 bits per heavy atom. The summed E-state index contributed by atoms with van der Waals surface area (Å²) in [6.07, 6.45) is 6.15. The number of pyridine rings is 2. The minimum atomic E-state index is -1.60. The van der Waals surface area contributed by atoms with Crippen molar-refractivity contribution in [2.75, 3.05) is 26.2 Å². The number of aliphatic hydroxyl groups excluding tert-OH is 2. The highest BCUT2D eigenvalue weighted by atomic mass is 35.5. The van der Waals surface area contributed by atoms with Gasteiger partial charge in [0.05, 0.1) is 23.3 Å². The molecule has 1 fully saturated rings. The van der Waals surface area contributed by atoms with E-state index in [9.17, 15) is 30.2 Å². The van der Waals surface area contributed by atoms with Gasteiger partial charge in [-0.25, -0.2) is 0 Å². The first-order valence-electron chi connectivity index (χ1n) is 16.7. The van der Waals surface area contributed by atoms with Gasteiger partial charge in [0.25, 0.3) is 5.56 Å². The predicted molar refractivity (Wildman–Crippen MR) is 192 cm³/mol. The lowest BCUT2D eigenvalue weighted by atomic mass is 9.97. The molecular formula is C38H42ClN5O7. The van der Waals surface area contributed by atoms with Gasteiger partial charge in [-0.15, -0.1) is 0 Å². The van der Waals surface area contributed by atoms with E-state index >= 15 is 0 Å². The number of halogens is 1. The molecule has 51 heavy (non-hydrogen) atoms. The summed E-state index contributed by atoms with van der Waals surface area (Å²) in [5, 5.41) is 41.5. The first kappa shape index (κ1) is 37.5. The van der Waals surface area contributed by atoms with E-state index < -0.39 is 18.1 Å². The Hall–Kier alpha value is -4.77. The third-order valence-corrected chi connectivity index (χ3v) is 9.45. The van der Waals surface area contributed by atoms with Gasteiger partial charge in [-0.1, -0.05) is 29.8 Å². The summed E-state index contributed by atoms with van der Waals surface area (Å²) in [5.74, 6) is -0.546. The van der Waals surface area contributed by atoms with E-state index in [0.717, 1.165) is 42.6 Å². The quantitative estimate of drug-likeness (QED) is 0.131. The number of aliphatic hydroxyl groups is 2. The van der Waals surface area contributed by atoms with Crippen molar-refractivity contribution < 1.29 is 29.6 Å². The van der Waals surface area contributed by atoms with E-state index in [1.807, 2.05) is 37.3 Å². The fourth-order valence-electron chi connectivity index (χ4n) is 5.92. The third kappa shape index (κ3) is 9.32. The van der Waals surface area contributed by atoms with Gasteiger partial charge in [0.2, 0.25) is 0 Å². The van der Waals surface area contributed by atoms with Crippen molar-refractivity contribution in [3.8, 4) is 28.7 Å². The topological polar surface area (TPSA) is 170 Å². The van der Waals surface area contributed by atoms with Gasteiger partial charge in [-0.3, -0.25) is 19.9 Å². The molecule has 5 rings (SSSR count). The van der Waals surface area contributed by atoms with Crippen LogP contribution in [0.25, 0.3) is 11.1 Å². The van der Waals surface area contributed by atoms with E-state index in [4.69, 9.17) is 21.1 Å². The summed E-state index contributed by atoms with van der Waals surface area (Å²) >= 11 is 6.69. The zero-order valence-corrected chi connectivity index (χ0v) is 29.4. The van der Waals surface area contributed by atoms with E-state index in [1.165, 1.54) is 13.1 Å². The molecule has 1 aliphatic rings. The van der Waals surface area contributed by atoms with Gasteiger partial charge in [0.1, 0.15) is 36.3 Å². The maximum atomic E-state index is 13.6. The number of carbonyl (C=O) groups is 1. The highest BCUT2D eigenvalue weighted by molar-refractivity contribution is 6.32. The van der Waals surface area contributed by atoms with Crippen LogP contribution in [0.3, 0.4) is 0 Å². The van der Waals surface area contributed by atoms with Crippen LogP contribution in [0.15, 0.2) is 71.9 Å². The van der Waals surface area contributed by atoms with Crippen molar-refractivity contribution in [3.05, 3.63) is 110 Å². The Balaban J connectivity index is 1.34. The monoisotopic (exact) mass is 715 g/mol. The summed E-state index contributed by atoms with van der Waals surface area (Å²) in [7, 11) is 0. The molecule has 0 radical (unpaired) electrons.